The predicted molar refractivity (Wildman–Crippen MR) is 116 cm³/mol. The van der Waals surface area contributed by atoms with Crippen LogP contribution in [0.5, 0.6) is 0 Å². The van der Waals surface area contributed by atoms with Crippen molar-refractivity contribution in [3.63, 3.8) is 0 Å². The first kappa shape index (κ1) is 21.3. The number of hydrogen-bond donors (Lipinski definition) is 1. The summed E-state index contributed by atoms with van der Waals surface area (Å²) in [5.74, 6) is 0.892. The maximum atomic E-state index is 11.6. The van der Waals surface area contributed by atoms with E-state index < -0.39 is 4.92 Å². The molecular weight excluding hydrogens is 382 g/mol. The lowest BCUT2D eigenvalue weighted by molar-refractivity contribution is -0.384. The molecule has 0 saturated carbocycles. The van der Waals surface area contributed by atoms with Crippen LogP contribution in [0.25, 0.3) is 0 Å². The monoisotopic (exact) mass is 409 g/mol. The number of carbonyl (C=O) groups is 1. The Labute approximate surface area is 176 Å². The third-order valence-corrected chi connectivity index (χ3v) is 5.12. The molecule has 1 aliphatic rings. The van der Waals surface area contributed by atoms with Crippen molar-refractivity contribution in [2.24, 2.45) is 4.99 Å². The number of guanidine groups is 1. The van der Waals surface area contributed by atoms with Crippen LogP contribution < -0.4 is 5.32 Å². The number of nitrogens with zero attached hydrogens (tertiary/aromatic N) is 4. The van der Waals surface area contributed by atoms with E-state index in [1.807, 2.05) is 23.1 Å². The molecule has 0 spiro atoms. The summed E-state index contributed by atoms with van der Waals surface area (Å²) in [6, 6.07) is 16.7. The van der Waals surface area contributed by atoms with Crippen molar-refractivity contribution in [2.45, 2.75) is 19.9 Å². The molecule has 0 bridgehead atoms. The van der Waals surface area contributed by atoms with Crippen LogP contribution in [0.1, 0.15) is 18.1 Å². The summed E-state index contributed by atoms with van der Waals surface area (Å²) in [5, 5.41) is 14.3. The van der Waals surface area contributed by atoms with E-state index in [0.717, 1.165) is 37.6 Å². The molecular formula is C22H27N5O3. The van der Waals surface area contributed by atoms with Gasteiger partial charge in [0.15, 0.2) is 5.96 Å². The molecule has 0 unspecified atom stereocenters. The van der Waals surface area contributed by atoms with Crippen molar-refractivity contribution in [2.75, 3.05) is 32.7 Å². The Bertz CT molecular complexity index is 875. The minimum Gasteiger partial charge on any atom is -0.356 e. The lowest BCUT2D eigenvalue weighted by Gasteiger charge is -2.36. The smallest absolute Gasteiger partial charge is 0.269 e. The van der Waals surface area contributed by atoms with Crippen LogP contribution in [-0.2, 0) is 17.8 Å². The molecule has 1 aliphatic heterocycles. The second-order valence-corrected chi connectivity index (χ2v) is 7.22. The molecule has 30 heavy (non-hydrogen) atoms. The number of non-ortho nitro benzene ring substituents is 1. The number of hydrogen-bond acceptors (Lipinski definition) is 4. The Hall–Kier alpha value is -3.42. The van der Waals surface area contributed by atoms with Crippen LogP contribution in [0.3, 0.4) is 0 Å². The van der Waals surface area contributed by atoms with Gasteiger partial charge in [-0.25, -0.2) is 4.99 Å². The highest BCUT2D eigenvalue weighted by Gasteiger charge is 2.21. The van der Waals surface area contributed by atoms with E-state index in [0.29, 0.717) is 19.6 Å². The highest BCUT2D eigenvalue weighted by molar-refractivity contribution is 5.80. The molecule has 0 radical (unpaired) electrons. The minimum atomic E-state index is -0.405. The van der Waals surface area contributed by atoms with Gasteiger partial charge >= 0.3 is 0 Å². The molecule has 3 rings (SSSR count). The van der Waals surface area contributed by atoms with Gasteiger partial charge in [-0.2, -0.15) is 0 Å². The SMILES string of the molecule is CC(=O)N1CCN(C(=NCc2ccc([N+](=O)[O-])cc2)NCCc2ccccc2)CC1. The second-order valence-electron chi connectivity index (χ2n) is 7.22. The number of nitro benzene ring substituents is 1. The van der Waals surface area contributed by atoms with Crippen LogP contribution in [0.4, 0.5) is 5.69 Å². The van der Waals surface area contributed by atoms with Gasteiger partial charge in [0.05, 0.1) is 11.5 Å². The molecule has 2 aromatic carbocycles. The normalized spacial score (nSPS) is 14.5. The quantitative estimate of drug-likeness (QED) is 0.342. The molecule has 0 aromatic heterocycles. The fourth-order valence-corrected chi connectivity index (χ4v) is 3.35. The van der Waals surface area contributed by atoms with E-state index in [9.17, 15) is 14.9 Å². The molecule has 8 nitrogen and oxygen atoms in total. The van der Waals surface area contributed by atoms with Crippen molar-refractivity contribution in [3.05, 3.63) is 75.8 Å². The summed E-state index contributed by atoms with van der Waals surface area (Å²) in [6.07, 6.45) is 0.880. The molecule has 2 aromatic rings. The largest absolute Gasteiger partial charge is 0.356 e. The van der Waals surface area contributed by atoms with E-state index in [1.54, 1.807) is 19.1 Å². The lowest BCUT2D eigenvalue weighted by atomic mass is 10.1. The summed E-state index contributed by atoms with van der Waals surface area (Å²) in [7, 11) is 0. The molecule has 1 heterocycles. The summed E-state index contributed by atoms with van der Waals surface area (Å²) in [5.41, 5.74) is 2.23. The topological polar surface area (TPSA) is 91.1 Å². The van der Waals surface area contributed by atoms with Crippen LogP contribution in [0.15, 0.2) is 59.6 Å². The Balaban J connectivity index is 1.65. The lowest BCUT2D eigenvalue weighted by Crippen LogP contribution is -2.53. The summed E-state index contributed by atoms with van der Waals surface area (Å²) >= 11 is 0. The fraction of sp³-hybridized carbons (Fsp3) is 0.364. The zero-order valence-electron chi connectivity index (χ0n) is 17.2. The first-order valence-electron chi connectivity index (χ1n) is 10.1. The number of amides is 1. The standard InChI is InChI=1S/C22H27N5O3/c1-18(28)25-13-15-26(16-14-25)22(23-12-11-19-5-3-2-4-6-19)24-17-20-7-9-21(10-8-20)27(29)30/h2-10H,11-17H2,1H3,(H,23,24). The number of rotatable bonds is 6. The van der Waals surface area contributed by atoms with E-state index in [-0.39, 0.29) is 11.6 Å². The van der Waals surface area contributed by atoms with Crippen molar-refractivity contribution < 1.29 is 9.72 Å². The summed E-state index contributed by atoms with van der Waals surface area (Å²) in [4.78, 5) is 30.8. The zero-order valence-corrected chi connectivity index (χ0v) is 17.2. The molecule has 1 N–H and O–H groups in total. The first-order valence-corrected chi connectivity index (χ1v) is 10.1. The van der Waals surface area contributed by atoms with Crippen molar-refractivity contribution in [1.82, 2.24) is 15.1 Å². The molecule has 1 saturated heterocycles. The number of carbonyl (C=O) groups excluding carboxylic acids is 1. The van der Waals surface area contributed by atoms with Gasteiger partial charge in [0.2, 0.25) is 5.91 Å². The number of benzene rings is 2. The fourth-order valence-electron chi connectivity index (χ4n) is 3.35. The average molecular weight is 409 g/mol. The van der Waals surface area contributed by atoms with E-state index >= 15 is 0 Å². The predicted octanol–water partition coefficient (Wildman–Crippen LogP) is 2.45. The van der Waals surface area contributed by atoms with Gasteiger partial charge in [0.1, 0.15) is 0 Å². The highest BCUT2D eigenvalue weighted by Crippen LogP contribution is 2.13. The van der Waals surface area contributed by atoms with E-state index in [4.69, 9.17) is 4.99 Å². The Morgan fingerprint density at radius 1 is 1.00 bits per heavy atom. The van der Waals surface area contributed by atoms with Crippen LogP contribution in [0, 0.1) is 10.1 Å². The number of piperazine rings is 1. The van der Waals surface area contributed by atoms with Crippen molar-refractivity contribution in [3.8, 4) is 0 Å². The van der Waals surface area contributed by atoms with Gasteiger partial charge in [0, 0.05) is 51.8 Å². The number of nitro groups is 1. The number of aliphatic imine (C=N–C) groups is 1. The highest BCUT2D eigenvalue weighted by atomic mass is 16.6. The maximum Gasteiger partial charge on any atom is 0.269 e. The molecule has 0 aliphatic carbocycles. The average Bonchev–Trinajstić information content (AvgIpc) is 2.77. The molecule has 158 valence electrons. The molecule has 8 heteroatoms. The van der Waals surface area contributed by atoms with Gasteiger partial charge in [-0.15, -0.1) is 0 Å². The first-order chi connectivity index (χ1) is 14.5. The Kier molecular flexibility index (Phi) is 7.37. The van der Waals surface area contributed by atoms with Crippen LogP contribution in [0.2, 0.25) is 0 Å². The maximum absolute atomic E-state index is 11.6. The molecule has 1 fully saturated rings. The Morgan fingerprint density at radius 2 is 1.63 bits per heavy atom. The minimum absolute atomic E-state index is 0.0734. The van der Waals surface area contributed by atoms with Gasteiger partial charge < -0.3 is 15.1 Å². The van der Waals surface area contributed by atoms with Gasteiger partial charge in [0.25, 0.3) is 5.69 Å². The summed E-state index contributed by atoms with van der Waals surface area (Å²) in [6.45, 7) is 5.55. The van der Waals surface area contributed by atoms with Gasteiger partial charge in [-0.3, -0.25) is 14.9 Å². The van der Waals surface area contributed by atoms with Crippen molar-refractivity contribution >= 4 is 17.6 Å². The Morgan fingerprint density at radius 3 is 2.23 bits per heavy atom. The molecule has 0 atom stereocenters. The van der Waals surface area contributed by atoms with Crippen molar-refractivity contribution in [1.29, 1.82) is 0 Å². The van der Waals surface area contributed by atoms with E-state index in [2.05, 4.69) is 22.3 Å². The van der Waals surface area contributed by atoms with E-state index in [1.165, 1.54) is 17.7 Å². The number of nitrogens with one attached hydrogen (secondary N) is 1. The molecule has 1 amide bonds. The van der Waals surface area contributed by atoms with Crippen LogP contribution in [-0.4, -0.2) is 59.3 Å². The third kappa shape index (κ3) is 6.04. The van der Waals surface area contributed by atoms with Gasteiger partial charge in [-0.1, -0.05) is 42.5 Å². The van der Waals surface area contributed by atoms with Gasteiger partial charge in [-0.05, 0) is 17.5 Å². The summed E-state index contributed by atoms with van der Waals surface area (Å²) < 4.78 is 0. The zero-order chi connectivity index (χ0) is 21.3. The van der Waals surface area contributed by atoms with Crippen LogP contribution >= 0.6 is 0 Å². The second kappa shape index (κ2) is 10.4. The third-order valence-electron chi connectivity index (χ3n) is 5.12.